The van der Waals surface area contributed by atoms with Crippen molar-refractivity contribution in [1.29, 1.82) is 0 Å². The predicted molar refractivity (Wildman–Crippen MR) is 151 cm³/mol. The molecule has 1 amide bonds. The van der Waals surface area contributed by atoms with E-state index in [0.717, 1.165) is 6.42 Å². The number of imidazole rings is 1. The minimum Gasteiger partial charge on any atom is -0.503 e. The lowest BCUT2D eigenvalue weighted by molar-refractivity contribution is -0.129. The highest BCUT2D eigenvalue weighted by atomic mass is 16.5. The number of ketones is 1. The van der Waals surface area contributed by atoms with E-state index in [1.807, 2.05) is 24.6 Å². The minimum absolute atomic E-state index is 0.00273. The first-order valence-electron chi connectivity index (χ1n) is 13.7. The molecule has 0 spiro atoms. The molecule has 0 aliphatic carbocycles. The Kier molecular flexibility index (Phi) is 8.28. The fourth-order valence-corrected chi connectivity index (χ4v) is 5.04. The molecule has 214 valence electrons. The molecule has 3 heterocycles. The van der Waals surface area contributed by atoms with Crippen molar-refractivity contribution >= 4 is 22.7 Å². The lowest BCUT2D eigenvalue weighted by Gasteiger charge is -2.27. The highest BCUT2D eigenvalue weighted by Gasteiger charge is 2.44. The molecule has 5 rings (SSSR count). The second-order valence-corrected chi connectivity index (χ2v) is 9.62. The molecule has 10 nitrogen and oxygen atoms in total. The van der Waals surface area contributed by atoms with Crippen LogP contribution in [0.25, 0.3) is 11.0 Å². The number of hydrogen-bond acceptors (Lipinski definition) is 8. The summed E-state index contributed by atoms with van der Waals surface area (Å²) < 4.78 is 24.9. The maximum Gasteiger partial charge on any atom is 0.290 e. The average Bonchev–Trinajstić information content (AvgIpc) is 3.72. The van der Waals surface area contributed by atoms with Crippen molar-refractivity contribution in [2.45, 2.75) is 39.3 Å². The molecular formula is C31H33N3O7. The predicted octanol–water partition coefficient (Wildman–Crippen LogP) is 5.49. The zero-order valence-electron chi connectivity index (χ0n) is 23.3. The van der Waals surface area contributed by atoms with E-state index in [2.05, 4.69) is 4.98 Å². The topological polar surface area (TPSA) is 116 Å². The van der Waals surface area contributed by atoms with Crippen LogP contribution in [0.5, 0.6) is 17.2 Å². The molecule has 2 aromatic carbocycles. The van der Waals surface area contributed by atoms with Crippen LogP contribution >= 0.6 is 0 Å². The van der Waals surface area contributed by atoms with Gasteiger partial charge in [0.1, 0.15) is 0 Å². The largest absolute Gasteiger partial charge is 0.503 e. The number of Topliss-reactive ketones (excluding diaryl/α,β-unsaturated/α-hetero) is 1. The van der Waals surface area contributed by atoms with Crippen molar-refractivity contribution in [2.75, 3.05) is 26.9 Å². The number of aryl methyl sites for hydroxylation is 1. The highest BCUT2D eigenvalue weighted by Crippen LogP contribution is 2.42. The van der Waals surface area contributed by atoms with Crippen molar-refractivity contribution in [3.8, 4) is 17.2 Å². The maximum absolute atomic E-state index is 14.0. The molecule has 1 unspecified atom stereocenters. The summed E-state index contributed by atoms with van der Waals surface area (Å²) in [6, 6.07) is 11.4. The lowest BCUT2D eigenvalue weighted by Crippen LogP contribution is -2.32. The number of aliphatic hydroxyl groups is 1. The van der Waals surface area contributed by atoms with Crippen molar-refractivity contribution in [1.82, 2.24) is 14.5 Å². The van der Waals surface area contributed by atoms with Gasteiger partial charge in [-0.15, -0.1) is 0 Å². The van der Waals surface area contributed by atoms with E-state index in [9.17, 15) is 14.7 Å². The van der Waals surface area contributed by atoms with Gasteiger partial charge in [-0.2, -0.15) is 0 Å². The standard InChI is InChI=1S/C31H33N3O7/c1-4-16-40-22-11-10-20(17-24(22)39-5-2)27-26(28(35)25-18-21-8-6-9-23(38-3)30(21)41-25)29(36)31(37)34(27)14-7-13-33-15-12-32-19-33/h6,8-12,15,17-19,27,36H,4-5,7,13-14,16H2,1-3H3. The average molecular weight is 560 g/mol. The molecule has 1 N–H and O–H groups in total. The number of carbonyl (C=O) groups excluding carboxylic acids is 2. The van der Waals surface area contributed by atoms with Crippen LogP contribution in [0.1, 0.15) is 48.8 Å². The molecule has 1 aliphatic rings. The summed E-state index contributed by atoms with van der Waals surface area (Å²) in [6.07, 6.45) is 6.63. The molecule has 0 saturated carbocycles. The van der Waals surface area contributed by atoms with Crippen molar-refractivity contribution in [2.24, 2.45) is 0 Å². The number of methoxy groups -OCH3 is 1. The Hall–Kier alpha value is -4.73. The molecular weight excluding hydrogens is 526 g/mol. The van der Waals surface area contributed by atoms with Crippen molar-refractivity contribution in [3.05, 3.63) is 83.8 Å². The van der Waals surface area contributed by atoms with Gasteiger partial charge >= 0.3 is 0 Å². The Morgan fingerprint density at radius 3 is 2.66 bits per heavy atom. The number of aromatic nitrogens is 2. The van der Waals surface area contributed by atoms with Gasteiger partial charge in [-0.1, -0.05) is 25.1 Å². The third-order valence-corrected chi connectivity index (χ3v) is 6.92. The van der Waals surface area contributed by atoms with Crippen LogP contribution < -0.4 is 14.2 Å². The summed E-state index contributed by atoms with van der Waals surface area (Å²) in [6.45, 7) is 5.69. The highest BCUT2D eigenvalue weighted by molar-refractivity contribution is 6.16. The second kappa shape index (κ2) is 12.2. The third-order valence-electron chi connectivity index (χ3n) is 6.92. The number of benzene rings is 2. The van der Waals surface area contributed by atoms with E-state index in [-0.39, 0.29) is 17.9 Å². The number of para-hydroxylation sites is 1. The second-order valence-electron chi connectivity index (χ2n) is 9.62. The first-order valence-corrected chi connectivity index (χ1v) is 13.7. The van der Waals surface area contributed by atoms with Crippen molar-refractivity contribution < 1.29 is 33.3 Å². The van der Waals surface area contributed by atoms with Gasteiger partial charge in [0.2, 0.25) is 5.78 Å². The SMILES string of the molecule is CCCOc1ccc(C2C(C(=O)c3cc4cccc(OC)c4o3)=C(O)C(=O)N2CCCn2ccnc2)cc1OCC. The normalized spacial score (nSPS) is 15.1. The molecule has 0 bridgehead atoms. The minimum atomic E-state index is -0.868. The Morgan fingerprint density at radius 1 is 1.07 bits per heavy atom. The molecule has 1 aliphatic heterocycles. The number of furan rings is 1. The first kappa shape index (κ1) is 27.8. The van der Waals surface area contributed by atoms with Gasteiger partial charge in [0.05, 0.1) is 38.3 Å². The van der Waals surface area contributed by atoms with Crippen LogP contribution in [0.15, 0.2) is 76.9 Å². The summed E-state index contributed by atoms with van der Waals surface area (Å²) in [5, 5.41) is 11.8. The Labute approximate surface area is 237 Å². The monoisotopic (exact) mass is 559 g/mol. The van der Waals surface area contributed by atoms with Gasteiger partial charge in [0.25, 0.3) is 5.91 Å². The van der Waals surface area contributed by atoms with Crippen molar-refractivity contribution in [3.63, 3.8) is 0 Å². The van der Waals surface area contributed by atoms with Crippen LogP contribution in [0.2, 0.25) is 0 Å². The number of fused-ring (bicyclic) bond motifs is 1. The van der Waals surface area contributed by atoms with E-state index in [4.69, 9.17) is 18.6 Å². The van der Waals surface area contributed by atoms with E-state index in [1.54, 1.807) is 55.0 Å². The molecule has 0 radical (unpaired) electrons. The van der Waals surface area contributed by atoms with Crippen LogP contribution in [-0.4, -0.2) is 58.1 Å². The van der Waals surface area contributed by atoms with Crippen LogP contribution in [0.4, 0.5) is 0 Å². The Bertz CT molecular complexity index is 1570. The molecule has 0 fully saturated rings. The molecule has 1 atom stereocenters. The van der Waals surface area contributed by atoms with Gasteiger partial charge in [-0.25, -0.2) is 4.98 Å². The molecule has 0 saturated heterocycles. The quantitative estimate of drug-likeness (QED) is 0.214. The Morgan fingerprint density at radius 2 is 1.93 bits per heavy atom. The lowest BCUT2D eigenvalue weighted by atomic mass is 9.94. The number of carbonyl (C=O) groups is 2. The summed E-state index contributed by atoms with van der Waals surface area (Å²) in [4.78, 5) is 33.0. The number of ether oxygens (including phenoxy) is 3. The number of amides is 1. The van der Waals surface area contributed by atoms with E-state index in [1.165, 1.54) is 12.0 Å². The maximum atomic E-state index is 14.0. The van der Waals surface area contributed by atoms with Gasteiger partial charge in [0.15, 0.2) is 34.4 Å². The third kappa shape index (κ3) is 5.50. The van der Waals surface area contributed by atoms with Gasteiger partial charge in [0, 0.05) is 30.9 Å². The summed E-state index contributed by atoms with van der Waals surface area (Å²) in [7, 11) is 1.52. The number of hydrogen-bond donors (Lipinski definition) is 1. The fourth-order valence-electron chi connectivity index (χ4n) is 5.04. The fraction of sp³-hybridized carbons (Fsp3) is 0.323. The summed E-state index contributed by atoms with van der Waals surface area (Å²) in [5.41, 5.74) is 0.960. The molecule has 10 heteroatoms. The van der Waals surface area contributed by atoms with Gasteiger partial charge in [-0.3, -0.25) is 9.59 Å². The van der Waals surface area contributed by atoms with E-state index >= 15 is 0 Å². The molecule has 41 heavy (non-hydrogen) atoms. The van der Waals surface area contributed by atoms with E-state index in [0.29, 0.717) is 60.0 Å². The summed E-state index contributed by atoms with van der Waals surface area (Å²) in [5.74, 6) is -0.266. The zero-order chi connectivity index (χ0) is 28.9. The summed E-state index contributed by atoms with van der Waals surface area (Å²) >= 11 is 0. The zero-order valence-corrected chi connectivity index (χ0v) is 23.3. The number of rotatable bonds is 13. The van der Waals surface area contributed by atoms with Gasteiger partial charge in [-0.05, 0) is 49.6 Å². The first-order chi connectivity index (χ1) is 20.0. The smallest absolute Gasteiger partial charge is 0.290 e. The van der Waals surface area contributed by atoms with Crippen LogP contribution in [0.3, 0.4) is 0 Å². The number of aliphatic hydroxyl groups excluding tert-OH is 1. The number of nitrogens with zero attached hydrogens (tertiary/aromatic N) is 3. The van der Waals surface area contributed by atoms with Gasteiger partial charge < -0.3 is 33.2 Å². The van der Waals surface area contributed by atoms with Crippen LogP contribution in [-0.2, 0) is 11.3 Å². The Balaban J connectivity index is 1.55. The molecule has 2 aromatic heterocycles. The van der Waals surface area contributed by atoms with E-state index < -0.39 is 23.5 Å². The molecule has 4 aromatic rings. The van der Waals surface area contributed by atoms with Crippen LogP contribution in [0, 0.1) is 0 Å².